The molecule has 2 aromatic carbocycles. The zero-order valence-corrected chi connectivity index (χ0v) is 16.8. The van der Waals surface area contributed by atoms with Crippen molar-refractivity contribution in [2.45, 2.75) is 0 Å². The monoisotopic (exact) mass is 440 g/mol. The van der Waals surface area contributed by atoms with Crippen LogP contribution < -0.4 is 15.0 Å². The maximum absolute atomic E-state index is 14.0. The maximum atomic E-state index is 14.0. The van der Waals surface area contributed by atoms with E-state index >= 15 is 0 Å². The number of ether oxygens (including phenoxy) is 1. The molecule has 0 saturated carbocycles. The van der Waals surface area contributed by atoms with Crippen molar-refractivity contribution in [2.75, 3.05) is 11.0 Å². The number of rotatable bonds is 5. The van der Waals surface area contributed by atoms with E-state index in [4.69, 9.17) is 16.3 Å². The van der Waals surface area contributed by atoms with Gasteiger partial charge in [0, 0.05) is 36.1 Å². The van der Waals surface area contributed by atoms with Crippen LogP contribution in [-0.4, -0.2) is 19.2 Å². The molecule has 0 aliphatic heterocycles. The Kier molecular flexibility index (Phi) is 5.63. The van der Waals surface area contributed by atoms with Crippen LogP contribution in [0.1, 0.15) is 0 Å². The third-order valence-electron chi connectivity index (χ3n) is 3.85. The van der Waals surface area contributed by atoms with Gasteiger partial charge in [0.1, 0.15) is 16.6 Å². The van der Waals surface area contributed by atoms with Crippen LogP contribution in [0.4, 0.5) is 14.5 Å². The van der Waals surface area contributed by atoms with E-state index in [-0.39, 0.29) is 22.2 Å². The van der Waals surface area contributed by atoms with Gasteiger partial charge in [-0.05, 0) is 36.4 Å². The number of halogens is 3. The molecule has 0 saturated heterocycles. The summed E-state index contributed by atoms with van der Waals surface area (Å²) >= 11 is 5.98. The average molecular weight is 441 g/mol. The molecule has 0 aliphatic rings. The van der Waals surface area contributed by atoms with E-state index < -0.39 is 27.2 Å². The molecule has 0 bridgehead atoms. The lowest BCUT2D eigenvalue weighted by Gasteiger charge is -2.15. The Morgan fingerprint density at radius 3 is 2.38 bits per heavy atom. The van der Waals surface area contributed by atoms with Gasteiger partial charge in [-0.3, -0.25) is 9.52 Å². The van der Waals surface area contributed by atoms with Crippen molar-refractivity contribution < 1.29 is 21.9 Å². The van der Waals surface area contributed by atoms with Crippen LogP contribution in [0.2, 0.25) is 5.02 Å². The number of benzene rings is 2. The summed E-state index contributed by atoms with van der Waals surface area (Å²) in [4.78, 5) is 11.9. The van der Waals surface area contributed by atoms with Gasteiger partial charge in [0.25, 0.3) is 5.56 Å². The molecule has 0 fully saturated rings. The molecule has 0 spiro atoms. The molecule has 6 nitrogen and oxygen atoms in total. The van der Waals surface area contributed by atoms with Gasteiger partial charge < -0.3 is 9.30 Å². The number of pyridine rings is 1. The molecule has 152 valence electrons. The molecule has 0 aliphatic carbocycles. The molecule has 1 heterocycles. The summed E-state index contributed by atoms with van der Waals surface area (Å²) in [5.41, 5.74) is 0.555. The predicted molar refractivity (Wildman–Crippen MR) is 107 cm³/mol. The fraction of sp³-hybridized carbons (Fsp3) is 0.105. The molecular formula is C19H15ClF2N2O4S. The second-order valence-corrected chi connectivity index (χ2v) is 8.41. The molecule has 29 heavy (non-hydrogen) atoms. The van der Waals surface area contributed by atoms with Crippen molar-refractivity contribution in [1.82, 2.24) is 4.57 Å². The molecule has 0 radical (unpaired) electrons. The lowest BCUT2D eigenvalue weighted by atomic mass is 10.1. The normalized spacial score (nSPS) is 11.3. The number of nitrogens with zero attached hydrogens (tertiary/aromatic N) is 1. The second-order valence-electron chi connectivity index (χ2n) is 6.25. The van der Waals surface area contributed by atoms with Gasteiger partial charge in [0.05, 0.1) is 6.26 Å². The van der Waals surface area contributed by atoms with E-state index in [0.717, 1.165) is 18.4 Å². The highest BCUT2D eigenvalue weighted by Gasteiger charge is 2.15. The highest BCUT2D eigenvalue weighted by Crippen LogP contribution is 2.37. The Hall–Kier alpha value is -2.91. The maximum Gasteiger partial charge on any atom is 0.269 e. The number of aryl methyl sites for hydroxylation is 1. The number of anilines is 1. The Morgan fingerprint density at radius 2 is 1.76 bits per heavy atom. The summed E-state index contributed by atoms with van der Waals surface area (Å²) < 4.78 is 59.5. The second kappa shape index (κ2) is 7.84. The Bertz CT molecular complexity index is 1230. The summed E-state index contributed by atoms with van der Waals surface area (Å²) in [5, 5.41) is -0.0645. The average Bonchev–Trinajstić information content (AvgIpc) is 2.61. The number of nitrogens with one attached hydrogen (secondary N) is 1. The van der Waals surface area contributed by atoms with Crippen LogP contribution in [-0.2, 0) is 17.1 Å². The van der Waals surface area contributed by atoms with Crippen molar-refractivity contribution in [3.63, 3.8) is 0 Å². The quantitative estimate of drug-likeness (QED) is 0.646. The Morgan fingerprint density at radius 1 is 1.07 bits per heavy atom. The minimum atomic E-state index is -3.56. The van der Waals surface area contributed by atoms with Gasteiger partial charge in [-0.25, -0.2) is 17.2 Å². The first-order valence-corrected chi connectivity index (χ1v) is 10.4. The first-order valence-electron chi connectivity index (χ1n) is 8.15. The van der Waals surface area contributed by atoms with Gasteiger partial charge in [-0.2, -0.15) is 0 Å². The van der Waals surface area contributed by atoms with Crippen molar-refractivity contribution in [2.24, 2.45) is 7.05 Å². The standard InChI is InChI=1S/C19H15ClF2N2O4S/c1-24-10-11(7-15(20)19(24)25)14-9-13(23-29(2,26)27)4-6-17(14)28-18-5-3-12(21)8-16(18)22/h3-10,23H,1-2H3. The molecule has 1 N–H and O–H groups in total. The smallest absolute Gasteiger partial charge is 0.269 e. The van der Waals surface area contributed by atoms with E-state index in [9.17, 15) is 22.0 Å². The van der Waals surface area contributed by atoms with Crippen LogP contribution in [0, 0.1) is 11.6 Å². The fourth-order valence-corrected chi connectivity index (χ4v) is 3.42. The van der Waals surface area contributed by atoms with E-state index in [1.807, 2.05) is 0 Å². The molecule has 3 aromatic rings. The van der Waals surface area contributed by atoms with Crippen LogP contribution in [0.15, 0.2) is 53.5 Å². The van der Waals surface area contributed by atoms with Crippen molar-refractivity contribution in [3.8, 4) is 22.6 Å². The van der Waals surface area contributed by atoms with Crippen molar-refractivity contribution >= 4 is 27.3 Å². The summed E-state index contributed by atoms with van der Waals surface area (Å²) in [6.45, 7) is 0. The summed E-state index contributed by atoms with van der Waals surface area (Å²) in [6, 6.07) is 8.53. The lowest BCUT2D eigenvalue weighted by Crippen LogP contribution is -2.16. The zero-order chi connectivity index (χ0) is 21.3. The van der Waals surface area contributed by atoms with Gasteiger partial charge in [0.15, 0.2) is 11.6 Å². The van der Waals surface area contributed by atoms with Crippen LogP contribution in [0.25, 0.3) is 11.1 Å². The molecule has 0 amide bonds. The largest absolute Gasteiger partial charge is 0.454 e. The van der Waals surface area contributed by atoms with Gasteiger partial charge >= 0.3 is 0 Å². The first-order chi connectivity index (χ1) is 13.5. The van der Waals surface area contributed by atoms with Crippen LogP contribution >= 0.6 is 11.6 Å². The Labute approximate surface area is 170 Å². The fourth-order valence-electron chi connectivity index (χ4n) is 2.62. The van der Waals surface area contributed by atoms with E-state index in [0.29, 0.717) is 17.2 Å². The first kappa shape index (κ1) is 20.8. The molecule has 1 aromatic heterocycles. The SMILES string of the molecule is Cn1cc(-c2cc(NS(C)(=O)=O)ccc2Oc2ccc(F)cc2F)cc(Cl)c1=O. The van der Waals surface area contributed by atoms with Crippen LogP contribution in [0.5, 0.6) is 11.5 Å². The van der Waals surface area contributed by atoms with Gasteiger partial charge in [-0.1, -0.05) is 11.6 Å². The molecular weight excluding hydrogens is 426 g/mol. The predicted octanol–water partition coefficient (Wildman–Crippen LogP) is 4.15. The third kappa shape index (κ3) is 4.93. The molecule has 0 atom stereocenters. The Balaban J connectivity index is 2.16. The topological polar surface area (TPSA) is 77.4 Å². The number of aromatic nitrogens is 1. The lowest BCUT2D eigenvalue weighted by molar-refractivity contribution is 0.439. The van der Waals surface area contributed by atoms with Crippen molar-refractivity contribution in [1.29, 1.82) is 0 Å². The molecule has 0 unspecified atom stereocenters. The molecule has 10 heteroatoms. The van der Waals surface area contributed by atoms with Crippen LogP contribution in [0.3, 0.4) is 0 Å². The van der Waals surface area contributed by atoms with Gasteiger partial charge in [0.2, 0.25) is 10.0 Å². The molecule has 3 rings (SSSR count). The summed E-state index contributed by atoms with van der Waals surface area (Å²) in [5.74, 6) is -1.75. The minimum absolute atomic E-state index is 0.0645. The third-order valence-corrected chi connectivity index (χ3v) is 4.72. The highest BCUT2D eigenvalue weighted by atomic mass is 35.5. The zero-order valence-electron chi connectivity index (χ0n) is 15.2. The minimum Gasteiger partial charge on any atom is -0.454 e. The van der Waals surface area contributed by atoms with E-state index in [1.165, 1.54) is 42.1 Å². The highest BCUT2D eigenvalue weighted by molar-refractivity contribution is 7.92. The summed E-state index contributed by atoms with van der Waals surface area (Å²) in [7, 11) is -2.06. The van der Waals surface area contributed by atoms with E-state index in [2.05, 4.69) is 4.72 Å². The number of sulfonamides is 1. The van der Waals surface area contributed by atoms with Crippen molar-refractivity contribution in [3.05, 3.63) is 75.7 Å². The van der Waals surface area contributed by atoms with E-state index in [1.54, 1.807) is 0 Å². The number of hydrogen-bond donors (Lipinski definition) is 1. The number of hydrogen-bond acceptors (Lipinski definition) is 4. The van der Waals surface area contributed by atoms with Gasteiger partial charge in [-0.15, -0.1) is 0 Å². The summed E-state index contributed by atoms with van der Waals surface area (Å²) in [6.07, 6.45) is 2.47.